The van der Waals surface area contributed by atoms with Crippen molar-refractivity contribution >= 4 is 17.3 Å². The van der Waals surface area contributed by atoms with Crippen LogP contribution in [0.25, 0.3) is 22.5 Å². The third-order valence-corrected chi connectivity index (χ3v) is 4.91. The third kappa shape index (κ3) is 4.61. The van der Waals surface area contributed by atoms with Crippen LogP contribution >= 0.6 is 0 Å². The molecule has 0 amide bonds. The molecule has 3 nitrogen and oxygen atoms in total. The van der Waals surface area contributed by atoms with Crippen LogP contribution in [0.3, 0.4) is 0 Å². The molecule has 4 heteroatoms. The molecule has 5 aromatic rings. The van der Waals surface area contributed by atoms with E-state index >= 15 is 0 Å². The Morgan fingerprint density at radius 3 is 1.47 bits per heavy atom. The molecule has 0 fully saturated rings. The number of hydrogen-bond acceptors (Lipinski definition) is 3. The summed E-state index contributed by atoms with van der Waals surface area (Å²) in [5.74, 6) is 1.59. The van der Waals surface area contributed by atoms with E-state index in [4.69, 9.17) is 9.97 Å². The minimum atomic E-state index is 0. The maximum atomic E-state index is 4.95. The van der Waals surface area contributed by atoms with Crippen LogP contribution in [0.1, 0.15) is 0 Å². The Balaban J connectivity index is 0.00000245. The maximum absolute atomic E-state index is 4.95. The first-order valence-electron chi connectivity index (χ1n) is 10.1. The van der Waals surface area contributed by atoms with Crippen molar-refractivity contribution < 1.29 is 16.5 Å². The van der Waals surface area contributed by atoms with Crippen molar-refractivity contribution in [2.45, 2.75) is 0 Å². The second kappa shape index (κ2) is 10.0. The average Bonchev–Trinajstić information content (AvgIpc) is 2.86. The molecule has 0 aliphatic heterocycles. The molecule has 0 bridgehead atoms. The summed E-state index contributed by atoms with van der Waals surface area (Å²) >= 11 is 0. The number of nitrogens with zero attached hydrogens (tertiary/aromatic N) is 3. The van der Waals surface area contributed by atoms with Crippen molar-refractivity contribution in [2.75, 3.05) is 4.90 Å². The smallest absolute Gasteiger partial charge is 0.280 e. The summed E-state index contributed by atoms with van der Waals surface area (Å²) in [6.45, 7) is 0. The molecule has 0 aliphatic rings. The maximum Gasteiger partial charge on any atom is 2.00 e. The topological polar surface area (TPSA) is 29.0 Å². The Morgan fingerprint density at radius 1 is 0.500 bits per heavy atom. The number of para-hydroxylation sites is 1. The molecule has 0 N–H and O–H groups in total. The minimum absolute atomic E-state index is 0. The molecule has 2 heterocycles. The van der Waals surface area contributed by atoms with E-state index in [1.54, 1.807) is 0 Å². The van der Waals surface area contributed by atoms with Gasteiger partial charge in [-0.2, -0.15) is 0 Å². The fraction of sp³-hybridized carbons (Fsp3) is 0. The Kier molecular flexibility index (Phi) is 6.74. The third-order valence-electron chi connectivity index (χ3n) is 4.91. The molecule has 3 aromatic carbocycles. The van der Waals surface area contributed by atoms with Gasteiger partial charge in [0, 0.05) is 5.69 Å². The van der Waals surface area contributed by atoms with E-state index in [1.807, 2.05) is 103 Å². The first-order chi connectivity index (χ1) is 15.4. The second-order valence-corrected chi connectivity index (χ2v) is 6.99. The molecular formula is C28H19N3Ni. The van der Waals surface area contributed by atoms with Gasteiger partial charge in [-0.25, -0.2) is 0 Å². The van der Waals surface area contributed by atoms with Gasteiger partial charge in [-0.3, -0.25) is 14.9 Å². The van der Waals surface area contributed by atoms with E-state index in [0.717, 1.165) is 39.8 Å². The number of benzene rings is 3. The average molecular weight is 456 g/mol. The van der Waals surface area contributed by atoms with Gasteiger partial charge in [0.2, 0.25) is 0 Å². The van der Waals surface area contributed by atoms with Gasteiger partial charge >= 0.3 is 16.5 Å². The summed E-state index contributed by atoms with van der Waals surface area (Å²) in [6.07, 6.45) is 0. The molecule has 0 unspecified atom stereocenters. The zero-order valence-electron chi connectivity index (χ0n) is 17.1. The van der Waals surface area contributed by atoms with Crippen molar-refractivity contribution in [3.63, 3.8) is 0 Å². The number of anilines is 3. The summed E-state index contributed by atoms with van der Waals surface area (Å²) in [5.41, 5.74) is 4.64. The molecule has 156 valence electrons. The molecule has 0 saturated heterocycles. The Labute approximate surface area is 198 Å². The van der Waals surface area contributed by atoms with Crippen LogP contribution in [-0.2, 0) is 16.5 Å². The number of pyridine rings is 2. The molecule has 2 aromatic heterocycles. The van der Waals surface area contributed by atoms with Crippen LogP contribution in [0.15, 0.2) is 115 Å². The summed E-state index contributed by atoms with van der Waals surface area (Å²) in [6, 6.07) is 44.5. The quantitative estimate of drug-likeness (QED) is 0.213. The molecule has 0 aliphatic carbocycles. The number of rotatable bonds is 5. The van der Waals surface area contributed by atoms with E-state index < -0.39 is 0 Å². The van der Waals surface area contributed by atoms with Gasteiger partial charge in [0.1, 0.15) is 11.6 Å². The van der Waals surface area contributed by atoms with Crippen LogP contribution in [0.5, 0.6) is 0 Å². The largest absolute Gasteiger partial charge is 2.00 e. The van der Waals surface area contributed by atoms with Crippen LogP contribution in [0, 0.1) is 12.1 Å². The molecule has 0 spiro atoms. The van der Waals surface area contributed by atoms with Gasteiger partial charge in [-0.1, -0.05) is 42.5 Å². The molecular weight excluding hydrogens is 437 g/mol. The standard InChI is InChI=1S/C28H19N3.Ni/c1-4-12-22(13-5-1)25-18-10-20-27(29-25)31(24-16-8-3-9-17-24)28-21-11-19-26(30-28)23-14-6-2-7-15-23;/h1-12,14,16-21H;/q-2;+2. The predicted molar refractivity (Wildman–Crippen MR) is 125 cm³/mol. The fourth-order valence-corrected chi connectivity index (χ4v) is 3.46. The molecule has 0 atom stereocenters. The number of hydrogen-bond donors (Lipinski definition) is 0. The first-order valence-corrected chi connectivity index (χ1v) is 10.1. The molecule has 0 saturated carbocycles. The number of aromatic nitrogens is 2. The van der Waals surface area contributed by atoms with Crippen LogP contribution in [0.2, 0.25) is 0 Å². The normalized spacial score (nSPS) is 10.2. The summed E-state index contributed by atoms with van der Waals surface area (Å²) in [7, 11) is 0. The van der Waals surface area contributed by atoms with Crippen LogP contribution in [0.4, 0.5) is 17.3 Å². The fourth-order valence-electron chi connectivity index (χ4n) is 3.46. The zero-order valence-corrected chi connectivity index (χ0v) is 18.1. The summed E-state index contributed by atoms with van der Waals surface area (Å²) in [5, 5.41) is 0. The van der Waals surface area contributed by atoms with Gasteiger partial charge in [-0.15, -0.1) is 71.8 Å². The summed E-state index contributed by atoms with van der Waals surface area (Å²) in [4.78, 5) is 12.0. The van der Waals surface area contributed by atoms with Gasteiger partial charge in [0.05, 0.1) is 0 Å². The first kappa shape index (κ1) is 21.5. The van der Waals surface area contributed by atoms with Crippen LogP contribution < -0.4 is 4.90 Å². The minimum Gasteiger partial charge on any atom is -0.280 e. The zero-order chi connectivity index (χ0) is 20.9. The Hall–Kier alpha value is -3.75. The van der Waals surface area contributed by atoms with Gasteiger partial charge in [-0.05, 0) is 35.7 Å². The molecule has 5 rings (SSSR count). The Morgan fingerprint density at radius 2 is 1.00 bits per heavy atom. The van der Waals surface area contributed by atoms with Gasteiger partial charge in [0.25, 0.3) is 0 Å². The van der Waals surface area contributed by atoms with Crippen molar-refractivity contribution in [1.29, 1.82) is 0 Å². The van der Waals surface area contributed by atoms with Gasteiger partial charge in [0.15, 0.2) is 0 Å². The van der Waals surface area contributed by atoms with E-state index in [2.05, 4.69) is 29.2 Å². The van der Waals surface area contributed by atoms with E-state index in [9.17, 15) is 0 Å². The van der Waals surface area contributed by atoms with Crippen molar-refractivity contribution in [3.05, 3.63) is 127 Å². The predicted octanol–water partition coefficient (Wildman–Crippen LogP) is 6.88. The van der Waals surface area contributed by atoms with E-state index in [0.29, 0.717) is 0 Å². The van der Waals surface area contributed by atoms with E-state index in [-0.39, 0.29) is 16.5 Å². The van der Waals surface area contributed by atoms with Crippen molar-refractivity contribution in [3.8, 4) is 22.5 Å². The summed E-state index contributed by atoms with van der Waals surface area (Å²) < 4.78 is 0. The van der Waals surface area contributed by atoms with Crippen LogP contribution in [-0.4, -0.2) is 9.97 Å². The van der Waals surface area contributed by atoms with Crippen molar-refractivity contribution in [2.24, 2.45) is 0 Å². The molecule has 32 heavy (non-hydrogen) atoms. The second-order valence-electron chi connectivity index (χ2n) is 6.99. The monoisotopic (exact) mass is 455 g/mol. The van der Waals surface area contributed by atoms with Gasteiger partial charge < -0.3 is 0 Å². The van der Waals surface area contributed by atoms with Crippen molar-refractivity contribution in [1.82, 2.24) is 9.97 Å². The Bertz CT molecular complexity index is 1190. The molecule has 0 radical (unpaired) electrons. The van der Waals surface area contributed by atoms with E-state index in [1.165, 1.54) is 0 Å². The SMILES string of the molecule is [Ni+2].[c-]1ccccc1-c1cccc(N(c2ccccc2)c2cccc(-c3[c-]cccc3)n2)n1.